The van der Waals surface area contributed by atoms with Crippen LogP contribution in [0.3, 0.4) is 0 Å². The summed E-state index contributed by atoms with van der Waals surface area (Å²) in [6.07, 6.45) is -4.53. The first kappa shape index (κ1) is 16.3. The van der Waals surface area contributed by atoms with Crippen LogP contribution in [-0.2, 0) is 6.54 Å². The third kappa shape index (κ3) is 4.68. The summed E-state index contributed by atoms with van der Waals surface area (Å²) in [5.41, 5.74) is 0.726. The minimum absolute atomic E-state index is 0.0492. The summed E-state index contributed by atoms with van der Waals surface area (Å²) in [6.45, 7) is 1.14. The van der Waals surface area contributed by atoms with E-state index >= 15 is 0 Å². The first-order valence-corrected chi connectivity index (χ1v) is 6.09. The van der Waals surface area contributed by atoms with E-state index < -0.39 is 24.3 Å². The second-order valence-electron chi connectivity index (χ2n) is 4.43. The molecule has 21 heavy (non-hydrogen) atoms. The van der Waals surface area contributed by atoms with E-state index in [0.29, 0.717) is 0 Å². The smallest absolute Gasteiger partial charge is 0.417 e. The van der Waals surface area contributed by atoms with Crippen LogP contribution in [0.15, 0.2) is 30.3 Å². The number of carboxylic acid groups (broad SMARTS) is 3. The highest BCUT2D eigenvalue weighted by atomic mass is 16.4. The highest BCUT2D eigenvalue weighted by molar-refractivity contribution is 5.86. The molecule has 0 bridgehead atoms. The summed E-state index contributed by atoms with van der Waals surface area (Å²) in [7, 11) is 0. The second-order valence-corrected chi connectivity index (χ2v) is 4.43. The quantitative estimate of drug-likeness (QED) is 0.766. The second kappa shape index (κ2) is 7.13. The van der Waals surface area contributed by atoms with Crippen LogP contribution in [0.25, 0.3) is 0 Å². The van der Waals surface area contributed by atoms with Gasteiger partial charge in [0.1, 0.15) is 0 Å². The van der Waals surface area contributed by atoms with Crippen molar-refractivity contribution in [2.75, 3.05) is 6.54 Å². The molecule has 114 valence electrons. The monoisotopic (exact) mass is 296 g/mol. The minimum atomic E-state index is -1.64. The fourth-order valence-corrected chi connectivity index (χ4v) is 1.87. The Morgan fingerprint density at radius 1 is 1.00 bits per heavy atom. The molecule has 0 aromatic heterocycles. The molecule has 0 heterocycles. The summed E-state index contributed by atoms with van der Waals surface area (Å²) >= 11 is 0. The Hall–Kier alpha value is -2.77. The Morgan fingerprint density at radius 3 is 1.95 bits per heavy atom. The molecule has 1 aromatic rings. The standard InChI is InChI=1S/C13H16N2O6/c1-9(15(12(18)19)13(20)21)7-14(11(16)17)8-10-5-3-2-4-6-10/h2-6,9H,7-8H2,1H3,(H,16,17)(H,18,19)(H,20,21). The van der Waals surface area contributed by atoms with Gasteiger partial charge < -0.3 is 20.2 Å². The SMILES string of the molecule is CC(CN(Cc1ccccc1)C(=O)O)N(C(=O)O)C(=O)O. The van der Waals surface area contributed by atoms with Crippen molar-refractivity contribution in [3.63, 3.8) is 0 Å². The molecule has 0 fully saturated rings. The average molecular weight is 296 g/mol. The van der Waals surface area contributed by atoms with Crippen LogP contribution >= 0.6 is 0 Å². The molecule has 1 aromatic carbocycles. The lowest BCUT2D eigenvalue weighted by Crippen LogP contribution is -2.48. The van der Waals surface area contributed by atoms with Gasteiger partial charge >= 0.3 is 18.3 Å². The molecule has 0 aliphatic rings. The summed E-state index contributed by atoms with van der Waals surface area (Å²) in [4.78, 5) is 34.1. The highest BCUT2D eigenvalue weighted by Crippen LogP contribution is 2.09. The van der Waals surface area contributed by atoms with E-state index in [1.165, 1.54) is 6.92 Å². The lowest BCUT2D eigenvalue weighted by Gasteiger charge is -2.27. The van der Waals surface area contributed by atoms with Crippen LogP contribution in [0.1, 0.15) is 12.5 Å². The Morgan fingerprint density at radius 2 is 1.52 bits per heavy atom. The van der Waals surface area contributed by atoms with Crippen molar-refractivity contribution < 1.29 is 29.7 Å². The van der Waals surface area contributed by atoms with E-state index in [2.05, 4.69) is 0 Å². The molecular formula is C13H16N2O6. The lowest BCUT2D eigenvalue weighted by molar-refractivity contribution is 0.0911. The molecule has 0 saturated carbocycles. The summed E-state index contributed by atoms with van der Waals surface area (Å²) in [6, 6.07) is 7.73. The van der Waals surface area contributed by atoms with E-state index in [1.54, 1.807) is 30.3 Å². The van der Waals surface area contributed by atoms with Gasteiger partial charge in [-0.3, -0.25) is 0 Å². The zero-order valence-electron chi connectivity index (χ0n) is 11.3. The van der Waals surface area contributed by atoms with Crippen LogP contribution in [0, 0.1) is 0 Å². The Labute approximate surface area is 120 Å². The number of benzene rings is 1. The number of amides is 3. The molecule has 3 N–H and O–H groups in total. The van der Waals surface area contributed by atoms with Crippen molar-refractivity contribution in [3.8, 4) is 0 Å². The summed E-state index contributed by atoms with van der Waals surface area (Å²) < 4.78 is 0. The van der Waals surface area contributed by atoms with Crippen molar-refractivity contribution in [2.45, 2.75) is 19.5 Å². The van der Waals surface area contributed by atoms with Crippen molar-refractivity contribution in [1.29, 1.82) is 0 Å². The number of rotatable bonds is 5. The van der Waals surface area contributed by atoms with Gasteiger partial charge in [-0.2, -0.15) is 0 Å². The first-order valence-electron chi connectivity index (χ1n) is 6.09. The fourth-order valence-electron chi connectivity index (χ4n) is 1.87. The zero-order valence-corrected chi connectivity index (χ0v) is 11.3. The molecule has 1 rings (SSSR count). The van der Waals surface area contributed by atoms with Crippen molar-refractivity contribution in [3.05, 3.63) is 35.9 Å². The molecule has 8 nitrogen and oxygen atoms in total. The van der Waals surface area contributed by atoms with E-state index in [4.69, 9.17) is 15.3 Å². The topological polar surface area (TPSA) is 118 Å². The van der Waals surface area contributed by atoms with Gasteiger partial charge in [0.2, 0.25) is 0 Å². The maximum absolute atomic E-state index is 11.2. The average Bonchev–Trinajstić information content (AvgIpc) is 2.38. The van der Waals surface area contributed by atoms with Crippen LogP contribution in [0.4, 0.5) is 14.4 Å². The lowest BCUT2D eigenvalue weighted by atomic mass is 10.2. The van der Waals surface area contributed by atoms with Gasteiger partial charge in [0.05, 0.1) is 6.04 Å². The minimum Gasteiger partial charge on any atom is -0.465 e. The van der Waals surface area contributed by atoms with Crippen LogP contribution in [0.2, 0.25) is 0 Å². The van der Waals surface area contributed by atoms with Crippen LogP contribution < -0.4 is 0 Å². The van der Waals surface area contributed by atoms with E-state index in [1.807, 2.05) is 0 Å². The Kier molecular flexibility index (Phi) is 5.53. The van der Waals surface area contributed by atoms with Crippen molar-refractivity contribution in [1.82, 2.24) is 9.80 Å². The molecule has 0 radical (unpaired) electrons. The van der Waals surface area contributed by atoms with Gasteiger partial charge in [0.15, 0.2) is 0 Å². The van der Waals surface area contributed by atoms with Gasteiger partial charge in [-0.25, -0.2) is 19.3 Å². The van der Waals surface area contributed by atoms with Gasteiger partial charge in [-0.15, -0.1) is 0 Å². The maximum Gasteiger partial charge on any atom is 0.417 e. The Bertz CT molecular complexity index is 505. The van der Waals surface area contributed by atoms with Gasteiger partial charge in [0.25, 0.3) is 0 Å². The van der Waals surface area contributed by atoms with Crippen molar-refractivity contribution in [2.24, 2.45) is 0 Å². The largest absolute Gasteiger partial charge is 0.465 e. The molecule has 1 unspecified atom stereocenters. The molecule has 0 aliphatic heterocycles. The predicted octanol–water partition coefficient (Wildman–Crippen LogP) is 2.21. The summed E-state index contributed by atoms with van der Waals surface area (Å²) in [5, 5.41) is 26.8. The summed E-state index contributed by atoms with van der Waals surface area (Å²) in [5.74, 6) is 0. The van der Waals surface area contributed by atoms with E-state index in [-0.39, 0.29) is 18.0 Å². The third-order valence-corrected chi connectivity index (χ3v) is 2.82. The third-order valence-electron chi connectivity index (χ3n) is 2.82. The molecule has 1 atom stereocenters. The maximum atomic E-state index is 11.2. The zero-order chi connectivity index (χ0) is 16.0. The molecule has 0 saturated heterocycles. The first-order chi connectivity index (χ1) is 9.82. The molecule has 8 heteroatoms. The van der Waals surface area contributed by atoms with Gasteiger partial charge in [-0.1, -0.05) is 30.3 Å². The van der Waals surface area contributed by atoms with Gasteiger partial charge in [0, 0.05) is 13.1 Å². The molecule has 0 aliphatic carbocycles. The number of nitrogens with zero attached hydrogens (tertiary/aromatic N) is 2. The molecule has 0 spiro atoms. The van der Waals surface area contributed by atoms with E-state index in [0.717, 1.165) is 10.5 Å². The van der Waals surface area contributed by atoms with Crippen molar-refractivity contribution >= 4 is 18.3 Å². The molecule has 3 amide bonds. The number of hydrogen-bond acceptors (Lipinski definition) is 3. The highest BCUT2D eigenvalue weighted by Gasteiger charge is 2.29. The van der Waals surface area contributed by atoms with Gasteiger partial charge in [-0.05, 0) is 12.5 Å². The number of imide groups is 1. The van der Waals surface area contributed by atoms with Crippen LogP contribution in [-0.4, -0.2) is 56.0 Å². The van der Waals surface area contributed by atoms with Crippen LogP contribution in [0.5, 0.6) is 0 Å². The number of hydrogen-bond donors (Lipinski definition) is 3. The normalized spacial score (nSPS) is 11.5. The Balaban J connectivity index is 2.81. The number of carbonyl (C=O) groups is 3. The fraction of sp³-hybridized carbons (Fsp3) is 0.308. The molecular weight excluding hydrogens is 280 g/mol. The van der Waals surface area contributed by atoms with E-state index in [9.17, 15) is 14.4 Å². The predicted molar refractivity (Wildman–Crippen MR) is 72.2 cm³/mol.